The minimum atomic E-state index is -0.301. The predicted octanol–water partition coefficient (Wildman–Crippen LogP) is 3.77. The lowest BCUT2D eigenvalue weighted by Gasteiger charge is -2.17. The number of hydrogen-bond donors (Lipinski definition) is 1. The molecule has 0 radical (unpaired) electrons. The summed E-state index contributed by atoms with van der Waals surface area (Å²) >= 11 is 0. The Hall–Kier alpha value is -2.23. The molecule has 1 amide bonds. The second-order valence-corrected chi connectivity index (χ2v) is 5.71. The van der Waals surface area contributed by atoms with Crippen LogP contribution in [0, 0.1) is 17.6 Å². The highest BCUT2D eigenvalue weighted by atomic mass is 19.1. The van der Waals surface area contributed by atoms with Crippen molar-refractivity contribution >= 4 is 5.91 Å². The van der Waals surface area contributed by atoms with E-state index in [0.717, 1.165) is 24.0 Å². The third-order valence-corrected chi connectivity index (χ3v) is 3.99. The maximum atomic E-state index is 13.0. The van der Waals surface area contributed by atoms with Crippen LogP contribution in [0.2, 0.25) is 0 Å². The summed E-state index contributed by atoms with van der Waals surface area (Å²) in [5.74, 6) is -0.555. The fourth-order valence-corrected chi connectivity index (χ4v) is 2.64. The minimum Gasteiger partial charge on any atom is -0.351 e. The van der Waals surface area contributed by atoms with Gasteiger partial charge in [0, 0.05) is 6.54 Å². The van der Waals surface area contributed by atoms with Gasteiger partial charge in [-0.05, 0) is 54.2 Å². The van der Waals surface area contributed by atoms with Crippen molar-refractivity contribution in [3.8, 4) is 0 Å². The number of nitrogens with one attached hydrogen (secondary N) is 1. The van der Waals surface area contributed by atoms with E-state index in [1.807, 2.05) is 0 Å². The molecule has 1 saturated carbocycles. The topological polar surface area (TPSA) is 29.1 Å². The first-order valence-electron chi connectivity index (χ1n) is 7.41. The summed E-state index contributed by atoms with van der Waals surface area (Å²) in [7, 11) is 0. The molecule has 114 valence electrons. The highest BCUT2D eigenvalue weighted by Crippen LogP contribution is 2.42. The fourth-order valence-electron chi connectivity index (χ4n) is 2.64. The lowest BCUT2D eigenvalue weighted by Crippen LogP contribution is -2.30. The Morgan fingerprint density at radius 1 is 1.00 bits per heavy atom. The summed E-state index contributed by atoms with van der Waals surface area (Å²) in [6.07, 6.45) is 2.04. The van der Waals surface area contributed by atoms with Gasteiger partial charge in [-0.2, -0.15) is 0 Å². The Bertz CT molecular complexity index is 648. The summed E-state index contributed by atoms with van der Waals surface area (Å²) in [4.78, 5) is 12.5. The zero-order valence-electron chi connectivity index (χ0n) is 12.1. The van der Waals surface area contributed by atoms with Crippen molar-refractivity contribution in [1.82, 2.24) is 5.32 Å². The van der Waals surface area contributed by atoms with E-state index in [-0.39, 0.29) is 23.5 Å². The number of halogens is 2. The summed E-state index contributed by atoms with van der Waals surface area (Å²) in [5.41, 5.74) is 1.70. The molecule has 0 aliphatic heterocycles. The van der Waals surface area contributed by atoms with Gasteiger partial charge in [0.1, 0.15) is 11.6 Å². The van der Waals surface area contributed by atoms with Crippen LogP contribution in [0.25, 0.3) is 0 Å². The summed E-state index contributed by atoms with van der Waals surface area (Å²) in [5, 5.41) is 2.90. The van der Waals surface area contributed by atoms with Crippen molar-refractivity contribution in [3.63, 3.8) is 0 Å². The Morgan fingerprint density at radius 2 is 1.55 bits per heavy atom. The van der Waals surface area contributed by atoms with Crippen LogP contribution in [0.5, 0.6) is 0 Å². The fraction of sp³-hybridized carbons (Fsp3) is 0.278. The zero-order valence-corrected chi connectivity index (χ0v) is 12.1. The lowest BCUT2D eigenvalue weighted by atomic mass is 9.93. The number of rotatable bonds is 5. The number of carbonyl (C=O) groups is 1. The van der Waals surface area contributed by atoms with Crippen LogP contribution < -0.4 is 5.32 Å². The van der Waals surface area contributed by atoms with Crippen molar-refractivity contribution in [2.45, 2.75) is 25.3 Å². The Balaban J connectivity index is 1.68. The standard InChI is InChI=1S/C18H17F2NO/c19-15-7-1-12(2-8-15)11-21-18(22)17(13-3-4-13)14-5-9-16(20)10-6-14/h1-2,5-10,13,17H,3-4,11H2,(H,21,22). The van der Waals surface area contributed by atoms with Crippen molar-refractivity contribution in [3.05, 3.63) is 71.3 Å². The van der Waals surface area contributed by atoms with E-state index in [0.29, 0.717) is 12.5 Å². The molecular formula is C18H17F2NO. The molecular weight excluding hydrogens is 284 g/mol. The smallest absolute Gasteiger partial charge is 0.228 e. The van der Waals surface area contributed by atoms with Gasteiger partial charge >= 0.3 is 0 Å². The average Bonchev–Trinajstić information content (AvgIpc) is 3.34. The molecule has 0 aromatic heterocycles. The Kier molecular flexibility index (Phi) is 4.18. The lowest BCUT2D eigenvalue weighted by molar-refractivity contribution is -0.123. The van der Waals surface area contributed by atoms with Crippen LogP contribution >= 0.6 is 0 Å². The third kappa shape index (κ3) is 3.50. The van der Waals surface area contributed by atoms with E-state index in [9.17, 15) is 13.6 Å². The van der Waals surface area contributed by atoms with E-state index in [4.69, 9.17) is 0 Å². The molecule has 1 aliphatic rings. The van der Waals surface area contributed by atoms with Gasteiger partial charge in [0.15, 0.2) is 0 Å². The van der Waals surface area contributed by atoms with Crippen molar-refractivity contribution in [1.29, 1.82) is 0 Å². The molecule has 0 bridgehead atoms. The molecule has 22 heavy (non-hydrogen) atoms. The number of benzene rings is 2. The Labute approximate surface area is 128 Å². The van der Waals surface area contributed by atoms with Crippen LogP contribution in [-0.4, -0.2) is 5.91 Å². The number of carbonyl (C=O) groups excluding carboxylic acids is 1. The molecule has 0 heterocycles. The highest BCUT2D eigenvalue weighted by Gasteiger charge is 2.37. The molecule has 2 nitrogen and oxygen atoms in total. The van der Waals surface area contributed by atoms with Gasteiger partial charge in [-0.25, -0.2) is 8.78 Å². The largest absolute Gasteiger partial charge is 0.351 e. The summed E-state index contributed by atoms with van der Waals surface area (Å²) in [6.45, 7) is 0.365. The third-order valence-electron chi connectivity index (χ3n) is 3.99. The first-order valence-corrected chi connectivity index (χ1v) is 7.41. The van der Waals surface area contributed by atoms with Crippen molar-refractivity contribution in [2.75, 3.05) is 0 Å². The second kappa shape index (κ2) is 6.26. The number of hydrogen-bond acceptors (Lipinski definition) is 1. The normalized spacial score (nSPS) is 15.4. The maximum Gasteiger partial charge on any atom is 0.228 e. The number of amides is 1. The van der Waals surface area contributed by atoms with Gasteiger partial charge in [0.05, 0.1) is 5.92 Å². The molecule has 4 heteroatoms. The van der Waals surface area contributed by atoms with Gasteiger partial charge in [0.2, 0.25) is 5.91 Å². The van der Waals surface area contributed by atoms with Crippen LogP contribution in [0.15, 0.2) is 48.5 Å². The molecule has 1 unspecified atom stereocenters. The molecule has 3 rings (SSSR count). The SMILES string of the molecule is O=C(NCc1ccc(F)cc1)C(c1ccc(F)cc1)C1CC1. The monoisotopic (exact) mass is 301 g/mol. The van der Waals surface area contributed by atoms with Crippen LogP contribution in [0.4, 0.5) is 8.78 Å². The molecule has 0 saturated heterocycles. The first kappa shape index (κ1) is 14.7. The van der Waals surface area contributed by atoms with E-state index in [1.165, 1.54) is 24.3 Å². The zero-order chi connectivity index (χ0) is 15.5. The van der Waals surface area contributed by atoms with Crippen LogP contribution in [-0.2, 0) is 11.3 Å². The van der Waals surface area contributed by atoms with Crippen LogP contribution in [0.3, 0.4) is 0 Å². The van der Waals surface area contributed by atoms with Gasteiger partial charge < -0.3 is 5.32 Å². The Morgan fingerprint density at radius 3 is 2.09 bits per heavy atom. The van der Waals surface area contributed by atoms with Crippen molar-refractivity contribution < 1.29 is 13.6 Å². The molecule has 1 N–H and O–H groups in total. The van der Waals surface area contributed by atoms with E-state index >= 15 is 0 Å². The summed E-state index contributed by atoms with van der Waals surface area (Å²) < 4.78 is 25.9. The average molecular weight is 301 g/mol. The van der Waals surface area contributed by atoms with Gasteiger partial charge in [-0.3, -0.25) is 4.79 Å². The molecule has 2 aromatic rings. The van der Waals surface area contributed by atoms with Crippen LogP contribution in [0.1, 0.15) is 29.9 Å². The summed E-state index contributed by atoms with van der Waals surface area (Å²) in [6, 6.07) is 12.2. The van der Waals surface area contributed by atoms with E-state index in [1.54, 1.807) is 24.3 Å². The second-order valence-electron chi connectivity index (χ2n) is 5.71. The molecule has 0 spiro atoms. The van der Waals surface area contributed by atoms with Gasteiger partial charge in [-0.15, -0.1) is 0 Å². The maximum absolute atomic E-state index is 13.0. The molecule has 1 aliphatic carbocycles. The molecule has 2 aromatic carbocycles. The van der Waals surface area contributed by atoms with E-state index < -0.39 is 0 Å². The van der Waals surface area contributed by atoms with Crippen molar-refractivity contribution in [2.24, 2.45) is 5.92 Å². The predicted molar refractivity (Wildman–Crippen MR) is 80.1 cm³/mol. The minimum absolute atomic E-state index is 0.0570. The highest BCUT2D eigenvalue weighted by molar-refractivity contribution is 5.84. The van der Waals surface area contributed by atoms with E-state index in [2.05, 4.69) is 5.32 Å². The van der Waals surface area contributed by atoms with Gasteiger partial charge in [0.25, 0.3) is 0 Å². The van der Waals surface area contributed by atoms with Gasteiger partial charge in [-0.1, -0.05) is 24.3 Å². The molecule has 1 fully saturated rings. The quantitative estimate of drug-likeness (QED) is 0.895. The molecule has 1 atom stereocenters. The first-order chi connectivity index (χ1) is 10.6.